The lowest BCUT2D eigenvalue weighted by atomic mass is 9.87. The van der Waals surface area contributed by atoms with E-state index in [0.717, 1.165) is 73.9 Å². The van der Waals surface area contributed by atoms with E-state index in [0.29, 0.717) is 39.0 Å². The van der Waals surface area contributed by atoms with Crippen LogP contribution in [0.1, 0.15) is 41.0 Å². The van der Waals surface area contributed by atoms with Gasteiger partial charge in [0.25, 0.3) is 0 Å². The maximum absolute atomic E-state index is 6.54. The number of nitrogens with zero attached hydrogens (tertiary/aromatic N) is 1. The summed E-state index contributed by atoms with van der Waals surface area (Å²) in [6.45, 7) is 11.2. The van der Waals surface area contributed by atoms with Crippen LogP contribution in [0.2, 0.25) is 0 Å². The van der Waals surface area contributed by atoms with Crippen LogP contribution in [-0.2, 0) is 27.4 Å². The lowest BCUT2D eigenvalue weighted by molar-refractivity contribution is 0.0106. The lowest BCUT2D eigenvalue weighted by Crippen LogP contribution is -2.41. The van der Waals surface area contributed by atoms with Gasteiger partial charge in [0.05, 0.1) is 38.2 Å². The van der Waals surface area contributed by atoms with Crippen LogP contribution in [0.3, 0.4) is 0 Å². The molecule has 3 aromatic carbocycles. The molecule has 0 saturated carbocycles. The first kappa shape index (κ1) is 30.1. The Morgan fingerprint density at radius 2 is 1.90 bits per heavy atom. The number of benzene rings is 3. The Labute approximate surface area is 250 Å². The van der Waals surface area contributed by atoms with Crippen LogP contribution >= 0.6 is 0 Å². The van der Waals surface area contributed by atoms with Crippen molar-refractivity contribution in [3.05, 3.63) is 95.6 Å². The Bertz CT molecular complexity index is 1260. The average Bonchev–Trinajstić information content (AvgIpc) is 3.04. The van der Waals surface area contributed by atoms with Gasteiger partial charge in [-0.3, -0.25) is 0 Å². The summed E-state index contributed by atoms with van der Waals surface area (Å²) >= 11 is 0. The van der Waals surface area contributed by atoms with Crippen molar-refractivity contribution in [2.75, 3.05) is 64.6 Å². The number of piperidine rings is 1. The highest BCUT2D eigenvalue weighted by atomic mass is 16.5. The van der Waals surface area contributed by atoms with Crippen molar-refractivity contribution < 1.29 is 23.7 Å². The highest BCUT2D eigenvalue weighted by Crippen LogP contribution is 2.34. The summed E-state index contributed by atoms with van der Waals surface area (Å²) in [4.78, 5) is 2.39. The van der Waals surface area contributed by atoms with E-state index < -0.39 is 0 Å². The molecule has 5 rings (SSSR count). The van der Waals surface area contributed by atoms with Gasteiger partial charge in [-0.05, 0) is 65.9 Å². The Morgan fingerprint density at radius 3 is 2.76 bits per heavy atom. The number of methoxy groups -OCH3 is 1. The van der Waals surface area contributed by atoms with E-state index >= 15 is 0 Å². The van der Waals surface area contributed by atoms with E-state index in [2.05, 4.69) is 65.3 Å². The van der Waals surface area contributed by atoms with Crippen molar-refractivity contribution in [1.29, 1.82) is 0 Å². The van der Waals surface area contributed by atoms with Gasteiger partial charge in [-0.1, -0.05) is 55.1 Å². The fourth-order valence-corrected chi connectivity index (χ4v) is 5.71. The van der Waals surface area contributed by atoms with Crippen LogP contribution in [0.5, 0.6) is 11.5 Å². The molecule has 1 unspecified atom stereocenters. The van der Waals surface area contributed by atoms with Crippen molar-refractivity contribution in [1.82, 2.24) is 5.32 Å². The minimum Gasteiger partial charge on any atom is -0.491 e. The molecule has 2 aliphatic heterocycles. The molecule has 0 aliphatic carbocycles. The van der Waals surface area contributed by atoms with E-state index in [1.54, 1.807) is 7.11 Å². The Morgan fingerprint density at radius 1 is 1.02 bits per heavy atom. The summed E-state index contributed by atoms with van der Waals surface area (Å²) in [6, 6.07) is 23.0. The van der Waals surface area contributed by atoms with Gasteiger partial charge in [0.1, 0.15) is 24.7 Å². The molecule has 42 heavy (non-hydrogen) atoms. The quantitative estimate of drug-likeness (QED) is 0.230. The number of nitrogens with one attached hydrogen (secondary N) is 1. The smallest absolute Gasteiger partial charge is 0.142 e. The van der Waals surface area contributed by atoms with Gasteiger partial charge in [0.15, 0.2) is 0 Å². The summed E-state index contributed by atoms with van der Waals surface area (Å²) < 4.78 is 29.5. The third kappa shape index (κ3) is 8.13. The summed E-state index contributed by atoms with van der Waals surface area (Å²) in [7, 11) is 1.75. The van der Waals surface area contributed by atoms with Crippen molar-refractivity contribution in [2.24, 2.45) is 0 Å². The number of hydrogen-bond acceptors (Lipinski definition) is 7. The fourth-order valence-electron chi connectivity index (χ4n) is 5.71. The molecule has 224 valence electrons. The molecular formula is C35H44N2O5. The predicted molar refractivity (Wildman–Crippen MR) is 168 cm³/mol. The zero-order chi connectivity index (χ0) is 29.0. The lowest BCUT2D eigenvalue weighted by Gasteiger charge is -2.33. The minimum absolute atomic E-state index is 0.0995. The summed E-state index contributed by atoms with van der Waals surface area (Å²) in [6.07, 6.45) is 3.99. The average molecular weight is 573 g/mol. The molecule has 0 aromatic heterocycles. The third-order valence-corrected chi connectivity index (χ3v) is 7.99. The van der Waals surface area contributed by atoms with Crippen LogP contribution in [0.4, 0.5) is 5.69 Å². The molecule has 3 aromatic rings. The van der Waals surface area contributed by atoms with Gasteiger partial charge >= 0.3 is 0 Å². The van der Waals surface area contributed by atoms with Gasteiger partial charge in [-0.2, -0.15) is 0 Å². The molecule has 2 aliphatic rings. The van der Waals surface area contributed by atoms with Crippen molar-refractivity contribution >= 4 is 11.8 Å². The van der Waals surface area contributed by atoms with Crippen LogP contribution in [0, 0.1) is 0 Å². The Kier molecular flexibility index (Phi) is 11.3. The second-order valence-electron chi connectivity index (χ2n) is 10.8. The van der Waals surface area contributed by atoms with E-state index in [4.69, 9.17) is 23.7 Å². The zero-order valence-electron chi connectivity index (χ0n) is 24.8. The third-order valence-electron chi connectivity index (χ3n) is 7.99. The standard InChI is InChI=1S/C35H44N2O5/c1-3-28-7-4-5-8-30(28)26-39-21-22-40-31-12-10-29(11-13-31)32-15-16-36-24-35(32)42-25-27-9-14-34-33(23-27)37(18-20-41-34)17-6-19-38-2/h3-5,7-14,23,32,35-36H,1,6,15-22,24-26H2,2H3/t32-,35?/m1/s1. The Balaban J connectivity index is 1.11. The molecule has 1 saturated heterocycles. The van der Waals surface area contributed by atoms with Gasteiger partial charge in [-0.15, -0.1) is 0 Å². The Hall–Kier alpha value is -3.36. The topological polar surface area (TPSA) is 61.4 Å². The van der Waals surface area contributed by atoms with Crippen molar-refractivity contribution in [3.63, 3.8) is 0 Å². The molecule has 7 nitrogen and oxygen atoms in total. The molecule has 0 amide bonds. The largest absolute Gasteiger partial charge is 0.491 e. The SMILES string of the molecule is C=Cc1ccccc1COCCOc1ccc([C@H]2CCNCC2OCc2ccc3c(c2)N(CCCOC)CCO3)cc1. The summed E-state index contributed by atoms with van der Waals surface area (Å²) in [5, 5.41) is 3.52. The molecule has 2 atom stereocenters. The number of rotatable bonds is 15. The maximum atomic E-state index is 6.54. The van der Waals surface area contributed by atoms with E-state index in [9.17, 15) is 0 Å². The van der Waals surface area contributed by atoms with E-state index in [1.165, 1.54) is 11.1 Å². The molecule has 0 radical (unpaired) electrons. The number of anilines is 1. The number of hydrogen-bond donors (Lipinski definition) is 1. The van der Waals surface area contributed by atoms with Crippen LogP contribution in [-0.4, -0.2) is 65.8 Å². The minimum atomic E-state index is 0.0995. The van der Waals surface area contributed by atoms with E-state index in [-0.39, 0.29) is 6.10 Å². The van der Waals surface area contributed by atoms with Gasteiger partial charge in [0, 0.05) is 32.7 Å². The number of fused-ring (bicyclic) bond motifs is 1. The molecule has 0 bridgehead atoms. The summed E-state index contributed by atoms with van der Waals surface area (Å²) in [5.74, 6) is 2.14. The second kappa shape index (κ2) is 15.8. The normalized spacial score (nSPS) is 18.3. The maximum Gasteiger partial charge on any atom is 0.142 e. The fraction of sp³-hybridized carbons (Fsp3) is 0.429. The number of ether oxygens (including phenoxy) is 5. The van der Waals surface area contributed by atoms with Crippen LogP contribution < -0.4 is 19.7 Å². The molecule has 1 fully saturated rings. The van der Waals surface area contributed by atoms with Gasteiger partial charge in [-0.25, -0.2) is 0 Å². The van der Waals surface area contributed by atoms with Gasteiger partial charge < -0.3 is 33.9 Å². The van der Waals surface area contributed by atoms with Gasteiger partial charge in [0.2, 0.25) is 0 Å². The van der Waals surface area contributed by atoms with Crippen LogP contribution in [0.25, 0.3) is 6.08 Å². The zero-order valence-corrected chi connectivity index (χ0v) is 24.8. The molecule has 7 heteroatoms. The summed E-state index contributed by atoms with van der Waals surface area (Å²) in [5.41, 5.74) is 5.84. The first-order chi connectivity index (χ1) is 20.7. The second-order valence-corrected chi connectivity index (χ2v) is 10.8. The van der Waals surface area contributed by atoms with Crippen molar-refractivity contribution in [3.8, 4) is 11.5 Å². The highest BCUT2D eigenvalue weighted by molar-refractivity contribution is 5.61. The van der Waals surface area contributed by atoms with Crippen LogP contribution in [0.15, 0.2) is 73.3 Å². The van der Waals surface area contributed by atoms with E-state index in [1.807, 2.05) is 24.3 Å². The highest BCUT2D eigenvalue weighted by Gasteiger charge is 2.27. The molecule has 2 heterocycles. The predicted octanol–water partition coefficient (Wildman–Crippen LogP) is 5.82. The first-order valence-corrected chi connectivity index (χ1v) is 15.1. The molecule has 0 spiro atoms. The van der Waals surface area contributed by atoms with Crippen molar-refractivity contribution in [2.45, 2.75) is 38.1 Å². The molecular weight excluding hydrogens is 528 g/mol. The molecule has 1 N–H and O–H groups in total. The first-order valence-electron chi connectivity index (χ1n) is 15.1. The monoisotopic (exact) mass is 572 g/mol.